The van der Waals surface area contributed by atoms with Gasteiger partial charge in [-0.3, -0.25) is 4.99 Å². The standard InChI is InChI=1S/C58H39N/c1-4-18-40(19-5-1)45-24-10-12-26-47(45)56-49-28-14-15-29-50(49)57(48-27-13-11-25-46(48)41-20-6-2-7-21-41)53-38-44(36-37-51(53)56)39-32-34-43(35-33-39)58-55(42-22-8-3-9-23-42)52-30-16-17-31-54(52)59-58/h1-38,55H. The molecule has 0 fully saturated rings. The van der Waals surface area contributed by atoms with E-state index in [-0.39, 0.29) is 5.92 Å². The van der Waals surface area contributed by atoms with Gasteiger partial charge in [0.15, 0.2) is 0 Å². The third-order valence-electron chi connectivity index (χ3n) is 12.0. The lowest BCUT2D eigenvalue weighted by Gasteiger charge is -2.22. The Bertz CT molecular complexity index is 3180. The van der Waals surface area contributed by atoms with Crippen LogP contribution in [0.5, 0.6) is 0 Å². The fourth-order valence-corrected chi connectivity index (χ4v) is 9.30. The second-order valence-corrected chi connectivity index (χ2v) is 15.4. The Morgan fingerprint density at radius 3 is 1.34 bits per heavy atom. The van der Waals surface area contributed by atoms with Crippen molar-refractivity contribution in [3.63, 3.8) is 0 Å². The SMILES string of the molecule is c1ccc(-c2ccccc2-c2c3ccccc3c(-c3ccccc3-c3ccccc3)c3cc(-c4ccc(C5=Nc6ccccc6C5c5ccccc5)cc4)ccc23)cc1. The summed E-state index contributed by atoms with van der Waals surface area (Å²) in [6, 6.07) is 83.8. The largest absolute Gasteiger partial charge is 0.252 e. The highest BCUT2D eigenvalue weighted by Crippen LogP contribution is 2.49. The van der Waals surface area contributed by atoms with Crippen molar-refractivity contribution in [1.82, 2.24) is 0 Å². The molecule has 1 heteroatoms. The summed E-state index contributed by atoms with van der Waals surface area (Å²) in [4.78, 5) is 5.21. The van der Waals surface area contributed by atoms with E-state index in [9.17, 15) is 0 Å². The maximum atomic E-state index is 5.21. The summed E-state index contributed by atoms with van der Waals surface area (Å²) in [5, 5.41) is 4.93. The van der Waals surface area contributed by atoms with Gasteiger partial charge in [-0.15, -0.1) is 0 Å². The third-order valence-corrected chi connectivity index (χ3v) is 12.0. The van der Waals surface area contributed by atoms with Gasteiger partial charge in [-0.1, -0.05) is 218 Å². The van der Waals surface area contributed by atoms with Crippen LogP contribution in [0.1, 0.15) is 22.6 Å². The van der Waals surface area contributed by atoms with Crippen LogP contribution in [0.3, 0.4) is 0 Å². The molecule has 0 amide bonds. The number of aliphatic imine (C=N–C) groups is 1. The lowest BCUT2D eigenvalue weighted by molar-refractivity contribution is 1.11. The number of para-hydroxylation sites is 1. The minimum Gasteiger partial charge on any atom is -0.252 e. The Morgan fingerprint density at radius 1 is 0.288 bits per heavy atom. The van der Waals surface area contributed by atoms with Gasteiger partial charge in [0.25, 0.3) is 0 Å². The molecule has 1 atom stereocenters. The second kappa shape index (κ2) is 14.7. The number of nitrogens with zero attached hydrogens (tertiary/aromatic N) is 1. The van der Waals surface area contributed by atoms with Gasteiger partial charge in [-0.05, 0) is 106 Å². The Hall–Kier alpha value is -7.61. The number of fused-ring (bicyclic) bond motifs is 3. The molecule has 0 radical (unpaired) electrons. The maximum absolute atomic E-state index is 5.21. The highest BCUT2D eigenvalue weighted by atomic mass is 14.8. The van der Waals surface area contributed by atoms with Crippen molar-refractivity contribution in [2.24, 2.45) is 4.99 Å². The Kier molecular flexibility index (Phi) is 8.64. The summed E-state index contributed by atoms with van der Waals surface area (Å²) in [6.07, 6.45) is 0. The maximum Gasteiger partial charge on any atom is 0.0675 e. The van der Waals surface area contributed by atoms with Gasteiger partial charge < -0.3 is 0 Å². The zero-order valence-electron chi connectivity index (χ0n) is 32.5. The van der Waals surface area contributed by atoms with Crippen molar-refractivity contribution in [3.05, 3.63) is 247 Å². The molecule has 1 aliphatic rings. The molecule has 59 heavy (non-hydrogen) atoms. The van der Waals surface area contributed by atoms with E-state index < -0.39 is 0 Å². The van der Waals surface area contributed by atoms with Crippen molar-refractivity contribution in [1.29, 1.82) is 0 Å². The first-order valence-electron chi connectivity index (χ1n) is 20.4. The predicted octanol–water partition coefficient (Wildman–Crippen LogP) is 15.6. The zero-order chi connectivity index (χ0) is 39.1. The molecular formula is C58H39N. The van der Waals surface area contributed by atoms with Crippen LogP contribution in [-0.2, 0) is 0 Å². The minimum atomic E-state index is 0.0941. The lowest BCUT2D eigenvalue weighted by atomic mass is 9.81. The Morgan fingerprint density at radius 2 is 0.729 bits per heavy atom. The van der Waals surface area contributed by atoms with Crippen LogP contribution < -0.4 is 0 Å². The second-order valence-electron chi connectivity index (χ2n) is 15.4. The number of rotatable bonds is 7. The van der Waals surface area contributed by atoms with Gasteiger partial charge in [-0.25, -0.2) is 0 Å². The van der Waals surface area contributed by atoms with E-state index in [4.69, 9.17) is 4.99 Å². The molecule has 11 rings (SSSR count). The predicted molar refractivity (Wildman–Crippen MR) is 250 cm³/mol. The van der Waals surface area contributed by atoms with E-state index in [1.807, 2.05) is 0 Å². The van der Waals surface area contributed by atoms with Crippen molar-refractivity contribution >= 4 is 32.9 Å². The van der Waals surface area contributed by atoms with Crippen LogP contribution in [0.15, 0.2) is 236 Å². The molecule has 1 unspecified atom stereocenters. The van der Waals surface area contributed by atoms with Gasteiger partial charge in [-0.2, -0.15) is 0 Å². The van der Waals surface area contributed by atoms with Crippen LogP contribution in [0, 0.1) is 0 Å². The van der Waals surface area contributed by atoms with Crippen molar-refractivity contribution in [3.8, 4) is 55.6 Å². The fourth-order valence-electron chi connectivity index (χ4n) is 9.30. The molecule has 1 heterocycles. The highest BCUT2D eigenvalue weighted by Gasteiger charge is 2.29. The molecule has 0 N–H and O–H groups in total. The monoisotopic (exact) mass is 749 g/mol. The molecule has 276 valence electrons. The highest BCUT2D eigenvalue weighted by molar-refractivity contribution is 6.24. The summed E-state index contributed by atoms with van der Waals surface area (Å²) in [7, 11) is 0. The molecule has 0 spiro atoms. The van der Waals surface area contributed by atoms with Crippen LogP contribution >= 0.6 is 0 Å². The summed E-state index contributed by atoms with van der Waals surface area (Å²) >= 11 is 0. The van der Waals surface area contributed by atoms with Crippen molar-refractivity contribution < 1.29 is 0 Å². The minimum absolute atomic E-state index is 0.0941. The van der Waals surface area contributed by atoms with Crippen LogP contribution in [0.2, 0.25) is 0 Å². The molecule has 10 aromatic rings. The van der Waals surface area contributed by atoms with E-state index in [1.165, 1.54) is 88.3 Å². The molecule has 10 aromatic carbocycles. The Balaban J connectivity index is 1.13. The van der Waals surface area contributed by atoms with Gasteiger partial charge >= 0.3 is 0 Å². The van der Waals surface area contributed by atoms with Crippen LogP contribution in [0.25, 0.3) is 77.2 Å². The van der Waals surface area contributed by atoms with Gasteiger partial charge in [0.1, 0.15) is 0 Å². The van der Waals surface area contributed by atoms with E-state index in [0.29, 0.717) is 0 Å². The number of hydrogen-bond acceptors (Lipinski definition) is 1. The topological polar surface area (TPSA) is 12.4 Å². The molecule has 1 aliphatic heterocycles. The zero-order valence-corrected chi connectivity index (χ0v) is 32.5. The van der Waals surface area contributed by atoms with Crippen molar-refractivity contribution in [2.45, 2.75) is 5.92 Å². The molecule has 0 saturated heterocycles. The van der Waals surface area contributed by atoms with E-state index in [0.717, 1.165) is 17.0 Å². The molecule has 0 saturated carbocycles. The summed E-state index contributed by atoms with van der Waals surface area (Å²) in [6.45, 7) is 0. The van der Waals surface area contributed by atoms with Crippen LogP contribution in [-0.4, -0.2) is 5.71 Å². The van der Waals surface area contributed by atoms with Gasteiger partial charge in [0, 0.05) is 0 Å². The average molecular weight is 750 g/mol. The number of hydrogen-bond donors (Lipinski definition) is 0. The molecule has 1 nitrogen and oxygen atoms in total. The van der Waals surface area contributed by atoms with E-state index in [1.54, 1.807) is 0 Å². The fraction of sp³-hybridized carbons (Fsp3) is 0.0172. The normalized spacial score (nSPS) is 13.4. The van der Waals surface area contributed by atoms with Gasteiger partial charge in [0.2, 0.25) is 0 Å². The first-order valence-corrected chi connectivity index (χ1v) is 20.4. The smallest absolute Gasteiger partial charge is 0.0675 e. The quantitative estimate of drug-likeness (QED) is 0.144. The van der Waals surface area contributed by atoms with E-state index >= 15 is 0 Å². The van der Waals surface area contributed by atoms with E-state index in [2.05, 4.69) is 231 Å². The average Bonchev–Trinajstić information content (AvgIpc) is 3.71. The van der Waals surface area contributed by atoms with Crippen molar-refractivity contribution in [2.75, 3.05) is 0 Å². The summed E-state index contributed by atoms with van der Waals surface area (Å²) in [5.74, 6) is 0.0941. The first-order chi connectivity index (χ1) is 29.3. The molecule has 0 bridgehead atoms. The van der Waals surface area contributed by atoms with Gasteiger partial charge in [0.05, 0.1) is 17.3 Å². The third kappa shape index (κ3) is 6.07. The molecular weight excluding hydrogens is 711 g/mol. The van der Waals surface area contributed by atoms with Crippen LogP contribution in [0.4, 0.5) is 5.69 Å². The summed E-state index contributed by atoms with van der Waals surface area (Å²) < 4.78 is 0. The Labute approximate surface area is 345 Å². The first kappa shape index (κ1) is 34.6. The summed E-state index contributed by atoms with van der Waals surface area (Å²) in [5.41, 5.74) is 18.0. The molecule has 0 aliphatic carbocycles. The number of benzene rings is 10. The molecule has 0 aromatic heterocycles. The lowest BCUT2D eigenvalue weighted by Crippen LogP contribution is -2.11.